The Kier molecular flexibility index (Phi) is 2.92. The van der Waals surface area contributed by atoms with E-state index in [1.807, 2.05) is 6.07 Å². The quantitative estimate of drug-likeness (QED) is 0.661. The Morgan fingerprint density at radius 3 is 2.29 bits per heavy atom. The predicted molar refractivity (Wildman–Crippen MR) is 54.7 cm³/mol. The summed E-state index contributed by atoms with van der Waals surface area (Å²) in [5.41, 5.74) is 0.808. The summed E-state index contributed by atoms with van der Waals surface area (Å²) in [7, 11) is 2.61. The molecule has 0 aliphatic carbocycles. The first kappa shape index (κ1) is 10.3. The Morgan fingerprint density at radius 1 is 1.21 bits per heavy atom. The van der Waals surface area contributed by atoms with E-state index in [1.165, 1.54) is 32.3 Å². The Morgan fingerprint density at radius 2 is 1.86 bits per heavy atom. The molecule has 0 fully saturated rings. The lowest BCUT2D eigenvalue weighted by atomic mass is 10.1. The molecule has 0 unspecified atom stereocenters. The number of hydrogen-bond acceptors (Lipinski definition) is 5. The van der Waals surface area contributed by atoms with E-state index in [9.17, 15) is 10.4 Å². The van der Waals surface area contributed by atoms with Crippen LogP contribution in [0.2, 0.25) is 0 Å². The molecule has 0 aliphatic heterocycles. The van der Waals surface area contributed by atoms with Crippen molar-refractivity contribution in [1.82, 2.24) is 0 Å². The van der Waals surface area contributed by atoms with Gasteiger partial charge in [0.05, 0.1) is 5.56 Å². The average molecular weight is 191 g/mol. The maximum absolute atomic E-state index is 11.0. The Balaban J connectivity index is 3.23. The van der Waals surface area contributed by atoms with Crippen LogP contribution < -0.4 is 10.1 Å². The van der Waals surface area contributed by atoms with Gasteiger partial charge in [0, 0.05) is 11.4 Å². The van der Waals surface area contributed by atoms with Gasteiger partial charge in [0.1, 0.15) is 6.07 Å². The third-order valence-electron chi connectivity index (χ3n) is 1.80. The highest BCUT2D eigenvalue weighted by atomic mass is 16.5. The van der Waals surface area contributed by atoms with E-state index in [-0.39, 0.29) is 11.3 Å². The maximum Gasteiger partial charge on any atom is 0.101 e. The third kappa shape index (κ3) is 1.93. The first-order valence-electron chi connectivity index (χ1n) is 3.92. The lowest BCUT2D eigenvalue weighted by Gasteiger charge is -2.30. The molecule has 0 bridgehead atoms. The highest BCUT2D eigenvalue weighted by molar-refractivity contribution is 5.67. The van der Waals surface area contributed by atoms with Crippen LogP contribution in [-0.4, -0.2) is 14.1 Å². The zero-order chi connectivity index (χ0) is 10.7. The SMILES string of the molecule is CN([O-])c1ccc(C#N)c(N(C)[O-])c1. The minimum absolute atomic E-state index is 0.202. The van der Waals surface area contributed by atoms with Gasteiger partial charge in [0.25, 0.3) is 0 Å². The van der Waals surface area contributed by atoms with Crippen molar-refractivity contribution in [2.45, 2.75) is 0 Å². The number of nitrogens with zero attached hydrogens (tertiary/aromatic N) is 3. The summed E-state index contributed by atoms with van der Waals surface area (Å²) >= 11 is 0. The molecule has 1 rings (SSSR count). The summed E-state index contributed by atoms with van der Waals surface area (Å²) in [4.78, 5) is 0. The predicted octanol–water partition coefficient (Wildman–Crippen LogP) is 1.43. The molecule has 14 heavy (non-hydrogen) atoms. The standard InChI is InChI=1S/C9H9N3O2/c1-11(13)8-4-3-7(6-10)9(5-8)12(2)14/h3-5H,1-2H3/q-2. The van der Waals surface area contributed by atoms with Crippen molar-refractivity contribution in [3.05, 3.63) is 34.2 Å². The summed E-state index contributed by atoms with van der Waals surface area (Å²) in [6.45, 7) is 0. The van der Waals surface area contributed by atoms with Crippen LogP contribution in [0.15, 0.2) is 18.2 Å². The molecule has 1 aromatic carbocycles. The molecular formula is C9H9N3O2-2. The molecule has 0 aliphatic rings. The van der Waals surface area contributed by atoms with Gasteiger partial charge in [-0.1, -0.05) is 0 Å². The van der Waals surface area contributed by atoms with Gasteiger partial charge in [0.2, 0.25) is 0 Å². The van der Waals surface area contributed by atoms with E-state index in [1.54, 1.807) is 0 Å². The second-order valence-electron chi connectivity index (χ2n) is 2.81. The van der Waals surface area contributed by atoms with E-state index in [0.717, 1.165) is 0 Å². The molecule has 0 aromatic heterocycles. The van der Waals surface area contributed by atoms with Crippen molar-refractivity contribution in [1.29, 1.82) is 5.26 Å². The largest absolute Gasteiger partial charge is 0.758 e. The number of hydroxylamine groups is 2. The molecule has 74 valence electrons. The minimum atomic E-state index is 0.202. The molecule has 0 spiro atoms. The van der Waals surface area contributed by atoms with Gasteiger partial charge >= 0.3 is 0 Å². The van der Waals surface area contributed by atoms with Crippen LogP contribution in [0.3, 0.4) is 0 Å². The van der Waals surface area contributed by atoms with Crippen LogP contribution in [0.25, 0.3) is 0 Å². The van der Waals surface area contributed by atoms with Crippen LogP contribution >= 0.6 is 0 Å². The minimum Gasteiger partial charge on any atom is -0.758 e. The number of nitriles is 1. The van der Waals surface area contributed by atoms with E-state index in [2.05, 4.69) is 0 Å². The van der Waals surface area contributed by atoms with Gasteiger partial charge in [0.15, 0.2) is 0 Å². The lowest BCUT2D eigenvalue weighted by molar-refractivity contribution is 1.18. The Labute approximate surface area is 81.9 Å². The number of hydrogen-bond donors (Lipinski definition) is 0. The van der Waals surface area contributed by atoms with Crippen LogP contribution in [0.5, 0.6) is 0 Å². The van der Waals surface area contributed by atoms with Crippen molar-refractivity contribution in [2.24, 2.45) is 0 Å². The average Bonchev–Trinajstić information content (AvgIpc) is 2.16. The molecule has 1 aromatic rings. The normalized spacial score (nSPS) is 9.36. The van der Waals surface area contributed by atoms with Crippen LogP contribution in [0.1, 0.15) is 5.56 Å². The van der Waals surface area contributed by atoms with Crippen LogP contribution in [0.4, 0.5) is 11.4 Å². The van der Waals surface area contributed by atoms with Crippen molar-refractivity contribution in [2.75, 3.05) is 24.2 Å². The Bertz CT molecular complexity index is 369. The topological polar surface area (TPSA) is 76.4 Å². The monoisotopic (exact) mass is 191 g/mol. The molecule has 0 atom stereocenters. The highest BCUT2D eigenvalue weighted by Gasteiger charge is 2.02. The van der Waals surface area contributed by atoms with Crippen LogP contribution in [-0.2, 0) is 0 Å². The van der Waals surface area contributed by atoms with Crippen LogP contribution in [0, 0.1) is 21.7 Å². The van der Waals surface area contributed by atoms with E-state index < -0.39 is 0 Å². The molecule has 5 heteroatoms. The number of benzene rings is 1. The molecule has 0 saturated carbocycles. The van der Waals surface area contributed by atoms with Gasteiger partial charge in [-0.15, -0.1) is 0 Å². The van der Waals surface area contributed by atoms with E-state index >= 15 is 0 Å². The summed E-state index contributed by atoms with van der Waals surface area (Å²) < 4.78 is 0. The molecule has 0 amide bonds. The van der Waals surface area contributed by atoms with Crippen molar-refractivity contribution in [3.63, 3.8) is 0 Å². The second kappa shape index (κ2) is 3.96. The van der Waals surface area contributed by atoms with Crippen molar-refractivity contribution >= 4 is 11.4 Å². The lowest BCUT2D eigenvalue weighted by Crippen LogP contribution is -2.11. The second-order valence-corrected chi connectivity index (χ2v) is 2.81. The molecular weight excluding hydrogens is 182 g/mol. The molecule has 0 radical (unpaired) electrons. The smallest absolute Gasteiger partial charge is 0.101 e. The zero-order valence-electron chi connectivity index (χ0n) is 7.89. The van der Waals surface area contributed by atoms with Gasteiger partial charge < -0.3 is 20.5 Å². The van der Waals surface area contributed by atoms with Gasteiger partial charge in [-0.3, -0.25) is 0 Å². The Hall–Kier alpha value is -1.77. The first-order valence-corrected chi connectivity index (χ1v) is 3.92. The fraction of sp³-hybridized carbons (Fsp3) is 0.222. The first-order chi connectivity index (χ1) is 6.56. The van der Waals surface area contributed by atoms with Crippen molar-refractivity contribution in [3.8, 4) is 6.07 Å². The summed E-state index contributed by atoms with van der Waals surface area (Å²) in [5, 5.41) is 31.9. The number of rotatable bonds is 2. The van der Waals surface area contributed by atoms with Gasteiger partial charge in [-0.2, -0.15) is 5.26 Å². The van der Waals surface area contributed by atoms with Crippen molar-refractivity contribution < 1.29 is 0 Å². The summed E-state index contributed by atoms with van der Waals surface area (Å²) in [6.07, 6.45) is 0. The molecule has 5 nitrogen and oxygen atoms in total. The number of anilines is 2. The molecule has 0 heterocycles. The van der Waals surface area contributed by atoms with E-state index in [0.29, 0.717) is 15.8 Å². The maximum atomic E-state index is 11.0. The summed E-state index contributed by atoms with van der Waals surface area (Å²) in [6, 6.07) is 6.22. The highest BCUT2D eigenvalue weighted by Crippen LogP contribution is 2.24. The molecule has 0 N–H and O–H groups in total. The zero-order valence-corrected chi connectivity index (χ0v) is 7.89. The van der Waals surface area contributed by atoms with Gasteiger partial charge in [-0.25, -0.2) is 0 Å². The van der Waals surface area contributed by atoms with Gasteiger partial charge in [-0.05, 0) is 32.3 Å². The molecule has 0 saturated heterocycles. The fourth-order valence-corrected chi connectivity index (χ4v) is 1.07. The van der Waals surface area contributed by atoms with E-state index in [4.69, 9.17) is 5.26 Å². The third-order valence-corrected chi connectivity index (χ3v) is 1.80. The summed E-state index contributed by atoms with van der Waals surface area (Å²) in [5.74, 6) is 0. The fourth-order valence-electron chi connectivity index (χ4n) is 1.07.